The van der Waals surface area contributed by atoms with Crippen molar-refractivity contribution >= 4 is 17.5 Å². The Bertz CT molecular complexity index is 411. The van der Waals surface area contributed by atoms with E-state index in [1.807, 2.05) is 0 Å². The third-order valence-electron chi connectivity index (χ3n) is 3.00. The first-order valence-electron chi connectivity index (χ1n) is 5.77. The van der Waals surface area contributed by atoms with Gasteiger partial charge in [-0.25, -0.2) is 0 Å². The van der Waals surface area contributed by atoms with Gasteiger partial charge in [0, 0.05) is 11.2 Å². The fourth-order valence-corrected chi connectivity index (χ4v) is 2.21. The molecule has 0 aromatic carbocycles. The Morgan fingerprint density at radius 1 is 1.47 bits per heavy atom. The molecule has 2 atom stereocenters. The Hall–Kier alpha value is -1.13. The molecule has 1 heterocycles. The Kier molecular flexibility index (Phi) is 3.97. The Morgan fingerprint density at radius 3 is 2.94 bits per heavy atom. The van der Waals surface area contributed by atoms with E-state index >= 15 is 0 Å². The lowest BCUT2D eigenvalue weighted by Gasteiger charge is -2.28. The van der Waals surface area contributed by atoms with Gasteiger partial charge in [0.05, 0.1) is 12.1 Å². The van der Waals surface area contributed by atoms with Gasteiger partial charge in [0.2, 0.25) is 0 Å². The number of rotatable bonds is 2. The van der Waals surface area contributed by atoms with Crippen LogP contribution in [-0.2, 0) is 0 Å². The predicted molar refractivity (Wildman–Crippen MR) is 65.0 cm³/mol. The number of nitrogens with one attached hydrogen (secondary N) is 1. The summed E-state index contributed by atoms with van der Waals surface area (Å²) in [5, 5.41) is 13.0. The molecule has 4 nitrogen and oxygen atoms in total. The summed E-state index contributed by atoms with van der Waals surface area (Å²) in [4.78, 5) is 15.8. The van der Waals surface area contributed by atoms with Crippen LogP contribution in [0.3, 0.4) is 0 Å². The first kappa shape index (κ1) is 12.3. The van der Waals surface area contributed by atoms with Gasteiger partial charge < -0.3 is 10.4 Å². The molecule has 0 aliphatic heterocycles. The molecular formula is C12H15ClN2O2. The smallest absolute Gasteiger partial charge is 0.270 e. The summed E-state index contributed by atoms with van der Waals surface area (Å²) >= 11 is 5.79. The third kappa shape index (κ3) is 3.17. The summed E-state index contributed by atoms with van der Waals surface area (Å²) in [6.45, 7) is 0. The van der Waals surface area contributed by atoms with Crippen molar-refractivity contribution in [3.05, 3.63) is 29.0 Å². The van der Waals surface area contributed by atoms with Gasteiger partial charge in [0.25, 0.3) is 5.91 Å². The first-order chi connectivity index (χ1) is 8.16. The van der Waals surface area contributed by atoms with Crippen molar-refractivity contribution in [1.82, 2.24) is 10.3 Å². The highest BCUT2D eigenvalue weighted by atomic mass is 35.5. The molecule has 1 aliphatic rings. The van der Waals surface area contributed by atoms with Crippen molar-refractivity contribution in [3.8, 4) is 0 Å². The molecular weight excluding hydrogens is 240 g/mol. The molecule has 1 aliphatic carbocycles. The van der Waals surface area contributed by atoms with Crippen molar-refractivity contribution in [1.29, 1.82) is 0 Å². The minimum Gasteiger partial charge on any atom is -0.391 e. The zero-order valence-corrected chi connectivity index (χ0v) is 10.2. The van der Waals surface area contributed by atoms with E-state index in [0.717, 1.165) is 25.7 Å². The number of amides is 1. The maximum absolute atomic E-state index is 11.9. The van der Waals surface area contributed by atoms with Gasteiger partial charge in [0.15, 0.2) is 0 Å². The van der Waals surface area contributed by atoms with Gasteiger partial charge in [-0.1, -0.05) is 24.4 Å². The molecule has 2 rings (SSSR count). The topological polar surface area (TPSA) is 62.2 Å². The number of hydrogen-bond acceptors (Lipinski definition) is 3. The van der Waals surface area contributed by atoms with Crippen LogP contribution in [0.15, 0.2) is 18.3 Å². The average Bonchev–Trinajstić information content (AvgIpc) is 2.32. The Labute approximate surface area is 105 Å². The van der Waals surface area contributed by atoms with Crippen LogP contribution >= 0.6 is 11.6 Å². The fourth-order valence-electron chi connectivity index (χ4n) is 2.05. The van der Waals surface area contributed by atoms with Crippen LogP contribution < -0.4 is 5.32 Å². The molecule has 5 heteroatoms. The standard InChI is InChI=1S/C12H15ClN2O2/c13-8-5-6-14-10(7-8)12(17)15-9-3-1-2-4-11(9)16/h5-7,9,11,16H,1-4H2,(H,15,17)/t9-,11-/m1/s1. The maximum Gasteiger partial charge on any atom is 0.270 e. The van der Waals surface area contributed by atoms with Crippen molar-refractivity contribution in [2.45, 2.75) is 37.8 Å². The van der Waals surface area contributed by atoms with Crippen molar-refractivity contribution in [2.75, 3.05) is 0 Å². The molecule has 1 saturated carbocycles. The molecule has 1 aromatic heterocycles. The van der Waals surface area contributed by atoms with Crippen LogP contribution in [0, 0.1) is 0 Å². The monoisotopic (exact) mass is 254 g/mol. The largest absolute Gasteiger partial charge is 0.391 e. The number of aliphatic hydroxyl groups is 1. The molecule has 1 amide bonds. The summed E-state index contributed by atoms with van der Waals surface area (Å²) in [6, 6.07) is 2.97. The van der Waals surface area contributed by atoms with Gasteiger partial charge in [0.1, 0.15) is 5.69 Å². The second-order valence-corrected chi connectivity index (χ2v) is 4.73. The summed E-state index contributed by atoms with van der Waals surface area (Å²) < 4.78 is 0. The lowest BCUT2D eigenvalue weighted by Crippen LogP contribution is -2.45. The molecule has 0 spiro atoms. The third-order valence-corrected chi connectivity index (χ3v) is 3.24. The van der Waals surface area contributed by atoms with E-state index in [0.29, 0.717) is 5.02 Å². The lowest BCUT2D eigenvalue weighted by molar-refractivity contribution is 0.0714. The second-order valence-electron chi connectivity index (χ2n) is 4.29. The number of nitrogens with zero attached hydrogens (tertiary/aromatic N) is 1. The van der Waals surface area contributed by atoms with Gasteiger partial charge in [-0.3, -0.25) is 9.78 Å². The number of halogens is 1. The minimum absolute atomic E-state index is 0.169. The van der Waals surface area contributed by atoms with Gasteiger partial charge in [-0.15, -0.1) is 0 Å². The van der Waals surface area contributed by atoms with E-state index in [4.69, 9.17) is 11.6 Å². The van der Waals surface area contributed by atoms with Gasteiger partial charge >= 0.3 is 0 Å². The van der Waals surface area contributed by atoms with E-state index in [2.05, 4.69) is 10.3 Å². The summed E-state index contributed by atoms with van der Waals surface area (Å²) in [7, 11) is 0. The van der Waals surface area contributed by atoms with Crippen LogP contribution in [0.5, 0.6) is 0 Å². The van der Waals surface area contributed by atoms with Crippen molar-refractivity contribution < 1.29 is 9.90 Å². The van der Waals surface area contributed by atoms with E-state index in [-0.39, 0.29) is 17.6 Å². The maximum atomic E-state index is 11.9. The fraction of sp³-hybridized carbons (Fsp3) is 0.500. The summed E-state index contributed by atoms with van der Waals surface area (Å²) in [5.74, 6) is -0.279. The molecule has 1 fully saturated rings. The highest BCUT2D eigenvalue weighted by Crippen LogP contribution is 2.18. The van der Waals surface area contributed by atoms with E-state index in [1.54, 1.807) is 6.07 Å². The van der Waals surface area contributed by atoms with Crippen LogP contribution in [0.1, 0.15) is 36.2 Å². The molecule has 92 valence electrons. The SMILES string of the molecule is O=C(N[C@@H]1CCCC[C@H]1O)c1cc(Cl)ccn1. The molecule has 0 unspecified atom stereocenters. The molecule has 0 saturated heterocycles. The van der Waals surface area contributed by atoms with Gasteiger partial charge in [-0.05, 0) is 25.0 Å². The first-order valence-corrected chi connectivity index (χ1v) is 6.15. The van der Waals surface area contributed by atoms with Crippen LogP contribution in [0.25, 0.3) is 0 Å². The van der Waals surface area contributed by atoms with E-state index < -0.39 is 6.10 Å². The highest BCUT2D eigenvalue weighted by molar-refractivity contribution is 6.30. The van der Waals surface area contributed by atoms with Crippen LogP contribution in [-0.4, -0.2) is 28.1 Å². The lowest BCUT2D eigenvalue weighted by atomic mass is 9.92. The van der Waals surface area contributed by atoms with Crippen LogP contribution in [0.4, 0.5) is 0 Å². The Balaban J connectivity index is 2.01. The zero-order valence-electron chi connectivity index (χ0n) is 9.40. The Morgan fingerprint density at radius 2 is 2.24 bits per heavy atom. The summed E-state index contributed by atoms with van der Waals surface area (Å²) in [5.41, 5.74) is 0.287. The molecule has 17 heavy (non-hydrogen) atoms. The number of carbonyl (C=O) groups excluding carboxylic acids is 1. The quantitative estimate of drug-likeness (QED) is 0.846. The number of pyridine rings is 1. The number of hydrogen-bond donors (Lipinski definition) is 2. The van der Waals surface area contributed by atoms with Crippen molar-refractivity contribution in [2.24, 2.45) is 0 Å². The van der Waals surface area contributed by atoms with Crippen LogP contribution in [0.2, 0.25) is 5.02 Å². The average molecular weight is 255 g/mol. The van der Waals surface area contributed by atoms with E-state index in [9.17, 15) is 9.90 Å². The molecule has 0 bridgehead atoms. The van der Waals surface area contributed by atoms with Crippen molar-refractivity contribution in [3.63, 3.8) is 0 Å². The number of aromatic nitrogens is 1. The summed E-state index contributed by atoms with van der Waals surface area (Å²) in [6.07, 6.45) is 4.65. The normalized spacial score (nSPS) is 24.4. The zero-order chi connectivity index (χ0) is 12.3. The minimum atomic E-state index is -0.452. The van der Waals surface area contributed by atoms with E-state index in [1.165, 1.54) is 12.3 Å². The van der Waals surface area contributed by atoms with Gasteiger partial charge in [-0.2, -0.15) is 0 Å². The predicted octanol–water partition coefficient (Wildman–Crippen LogP) is 1.77. The molecule has 2 N–H and O–H groups in total. The second kappa shape index (κ2) is 5.47. The molecule has 1 aromatic rings. The number of carbonyl (C=O) groups is 1. The highest BCUT2D eigenvalue weighted by Gasteiger charge is 2.25. The molecule has 0 radical (unpaired) electrons. The number of aliphatic hydroxyl groups excluding tert-OH is 1.